The van der Waals surface area contributed by atoms with Gasteiger partial charge in [-0.2, -0.15) is 0 Å². The molecule has 88 valence electrons. The third-order valence-corrected chi connectivity index (χ3v) is 3.34. The van der Waals surface area contributed by atoms with Crippen LogP contribution in [0.25, 0.3) is 0 Å². The molecule has 1 nitrogen and oxygen atoms in total. The normalized spacial score (nSPS) is 23.4. The van der Waals surface area contributed by atoms with Crippen molar-refractivity contribution in [3.05, 3.63) is 35.1 Å². The number of nitrogens with one attached hydrogen (secondary N) is 1. The van der Waals surface area contributed by atoms with Crippen molar-refractivity contribution in [2.24, 2.45) is 5.92 Å². The van der Waals surface area contributed by atoms with Crippen molar-refractivity contribution in [2.45, 2.75) is 45.7 Å². The van der Waals surface area contributed by atoms with E-state index in [1.807, 2.05) is 19.1 Å². The van der Waals surface area contributed by atoms with Gasteiger partial charge >= 0.3 is 0 Å². The van der Waals surface area contributed by atoms with E-state index in [2.05, 4.69) is 12.2 Å². The average molecular weight is 221 g/mol. The Balaban J connectivity index is 1.84. The van der Waals surface area contributed by atoms with Gasteiger partial charge in [-0.05, 0) is 31.7 Å². The Morgan fingerprint density at radius 2 is 2.25 bits per heavy atom. The first kappa shape index (κ1) is 11.6. The Hall–Kier alpha value is -0.890. The molecule has 0 aliphatic heterocycles. The molecule has 2 atom stereocenters. The number of aryl methyl sites for hydroxylation is 1. The number of rotatable bonds is 5. The molecule has 1 aliphatic rings. The van der Waals surface area contributed by atoms with Crippen LogP contribution in [0.15, 0.2) is 18.2 Å². The zero-order valence-corrected chi connectivity index (χ0v) is 10.1. The van der Waals surface area contributed by atoms with Crippen molar-refractivity contribution in [1.82, 2.24) is 5.32 Å². The van der Waals surface area contributed by atoms with Crippen LogP contribution in [0.1, 0.15) is 37.3 Å². The van der Waals surface area contributed by atoms with Gasteiger partial charge in [-0.25, -0.2) is 4.39 Å². The number of hydrogen-bond acceptors (Lipinski definition) is 1. The molecule has 0 spiro atoms. The number of benzene rings is 1. The monoisotopic (exact) mass is 221 g/mol. The first-order valence-corrected chi connectivity index (χ1v) is 6.19. The molecule has 2 unspecified atom stereocenters. The van der Waals surface area contributed by atoms with Crippen molar-refractivity contribution in [2.75, 3.05) is 0 Å². The smallest absolute Gasteiger partial charge is 0.127 e. The van der Waals surface area contributed by atoms with E-state index in [-0.39, 0.29) is 5.82 Å². The van der Waals surface area contributed by atoms with Gasteiger partial charge in [0.2, 0.25) is 0 Å². The van der Waals surface area contributed by atoms with E-state index in [0.717, 1.165) is 17.0 Å². The maximum atomic E-state index is 13.4. The lowest BCUT2D eigenvalue weighted by molar-refractivity contribution is 0.565. The van der Waals surface area contributed by atoms with Crippen LogP contribution in [0.4, 0.5) is 4.39 Å². The van der Waals surface area contributed by atoms with Gasteiger partial charge in [0.05, 0.1) is 0 Å². The summed E-state index contributed by atoms with van der Waals surface area (Å²) in [6.45, 7) is 4.88. The molecule has 1 fully saturated rings. The minimum Gasteiger partial charge on any atom is -0.310 e. The van der Waals surface area contributed by atoms with E-state index in [1.54, 1.807) is 6.07 Å². The largest absolute Gasteiger partial charge is 0.310 e. The van der Waals surface area contributed by atoms with E-state index in [9.17, 15) is 4.39 Å². The highest BCUT2D eigenvalue weighted by molar-refractivity contribution is 5.24. The SMILES string of the molecule is CCCC1CC1NCc1cc(C)ccc1F. The Morgan fingerprint density at radius 1 is 1.44 bits per heavy atom. The van der Waals surface area contributed by atoms with Crippen LogP contribution in [0, 0.1) is 18.7 Å². The lowest BCUT2D eigenvalue weighted by Crippen LogP contribution is -2.18. The molecular formula is C14H20FN. The quantitative estimate of drug-likeness (QED) is 0.803. The van der Waals surface area contributed by atoms with Gasteiger partial charge in [0.25, 0.3) is 0 Å². The van der Waals surface area contributed by atoms with E-state index in [0.29, 0.717) is 12.6 Å². The second kappa shape index (κ2) is 4.96. The predicted octanol–water partition coefficient (Wildman–Crippen LogP) is 3.41. The van der Waals surface area contributed by atoms with Crippen LogP contribution in [-0.2, 0) is 6.54 Å². The summed E-state index contributed by atoms with van der Waals surface area (Å²) in [6.07, 6.45) is 3.82. The Morgan fingerprint density at radius 3 is 3.00 bits per heavy atom. The molecule has 2 rings (SSSR count). The van der Waals surface area contributed by atoms with Gasteiger partial charge in [0.15, 0.2) is 0 Å². The molecule has 0 amide bonds. The van der Waals surface area contributed by atoms with Crippen LogP contribution < -0.4 is 5.32 Å². The molecule has 2 heteroatoms. The summed E-state index contributed by atoms with van der Waals surface area (Å²) in [5, 5.41) is 3.44. The molecule has 16 heavy (non-hydrogen) atoms. The molecule has 1 aromatic rings. The number of halogens is 1. The van der Waals surface area contributed by atoms with Crippen LogP contribution in [0.3, 0.4) is 0 Å². The van der Waals surface area contributed by atoms with Gasteiger partial charge in [0, 0.05) is 18.2 Å². The first-order chi connectivity index (χ1) is 7.70. The van der Waals surface area contributed by atoms with E-state index in [1.165, 1.54) is 19.3 Å². The number of hydrogen-bond donors (Lipinski definition) is 1. The Bertz CT molecular complexity index is 362. The highest BCUT2D eigenvalue weighted by Crippen LogP contribution is 2.34. The Kier molecular flexibility index (Phi) is 3.59. The van der Waals surface area contributed by atoms with Crippen LogP contribution >= 0.6 is 0 Å². The summed E-state index contributed by atoms with van der Waals surface area (Å²) in [6, 6.07) is 5.93. The molecule has 1 N–H and O–H groups in total. The van der Waals surface area contributed by atoms with Gasteiger partial charge in [0.1, 0.15) is 5.82 Å². The maximum Gasteiger partial charge on any atom is 0.127 e. The van der Waals surface area contributed by atoms with E-state index >= 15 is 0 Å². The van der Waals surface area contributed by atoms with Crippen molar-refractivity contribution in [3.8, 4) is 0 Å². The van der Waals surface area contributed by atoms with E-state index < -0.39 is 0 Å². The zero-order chi connectivity index (χ0) is 11.5. The first-order valence-electron chi connectivity index (χ1n) is 6.19. The average Bonchev–Trinajstić information content (AvgIpc) is 2.99. The second-order valence-electron chi connectivity index (χ2n) is 4.87. The summed E-state index contributed by atoms with van der Waals surface area (Å²) in [5.41, 5.74) is 1.92. The third-order valence-electron chi connectivity index (χ3n) is 3.34. The highest BCUT2D eigenvalue weighted by atomic mass is 19.1. The van der Waals surface area contributed by atoms with Crippen LogP contribution in [0.2, 0.25) is 0 Å². The molecular weight excluding hydrogens is 201 g/mol. The summed E-state index contributed by atoms with van der Waals surface area (Å²) in [5.74, 6) is 0.740. The third kappa shape index (κ3) is 2.82. The molecule has 1 saturated carbocycles. The molecule has 0 radical (unpaired) electrons. The minimum absolute atomic E-state index is 0.0919. The van der Waals surface area contributed by atoms with Gasteiger partial charge in [-0.1, -0.05) is 31.0 Å². The van der Waals surface area contributed by atoms with Crippen molar-refractivity contribution in [3.63, 3.8) is 0 Å². The standard InChI is InChI=1S/C14H20FN/c1-3-4-11-8-14(11)16-9-12-7-10(2)5-6-13(12)15/h5-7,11,14,16H,3-4,8-9H2,1-2H3. The Labute approximate surface area is 97.1 Å². The highest BCUT2D eigenvalue weighted by Gasteiger charge is 2.35. The fraction of sp³-hybridized carbons (Fsp3) is 0.571. The maximum absolute atomic E-state index is 13.4. The molecule has 0 bridgehead atoms. The lowest BCUT2D eigenvalue weighted by Gasteiger charge is -2.06. The topological polar surface area (TPSA) is 12.0 Å². The van der Waals surface area contributed by atoms with E-state index in [4.69, 9.17) is 0 Å². The zero-order valence-electron chi connectivity index (χ0n) is 10.1. The summed E-state index contributed by atoms with van der Waals surface area (Å²) in [4.78, 5) is 0. The lowest BCUT2D eigenvalue weighted by atomic mass is 10.1. The molecule has 0 aromatic heterocycles. The van der Waals surface area contributed by atoms with Crippen molar-refractivity contribution in [1.29, 1.82) is 0 Å². The second-order valence-corrected chi connectivity index (χ2v) is 4.87. The van der Waals surface area contributed by atoms with Crippen LogP contribution in [-0.4, -0.2) is 6.04 Å². The molecule has 1 aromatic carbocycles. The minimum atomic E-state index is -0.0919. The van der Waals surface area contributed by atoms with Gasteiger partial charge in [-0.3, -0.25) is 0 Å². The molecule has 1 aliphatic carbocycles. The fourth-order valence-electron chi connectivity index (χ4n) is 2.27. The summed E-state index contributed by atoms with van der Waals surface area (Å²) >= 11 is 0. The van der Waals surface area contributed by atoms with Crippen LogP contribution in [0.5, 0.6) is 0 Å². The molecule has 0 saturated heterocycles. The van der Waals surface area contributed by atoms with Crippen molar-refractivity contribution < 1.29 is 4.39 Å². The predicted molar refractivity (Wildman–Crippen MR) is 64.8 cm³/mol. The van der Waals surface area contributed by atoms with Crippen molar-refractivity contribution >= 4 is 0 Å². The van der Waals surface area contributed by atoms with Gasteiger partial charge in [-0.15, -0.1) is 0 Å². The molecule has 0 heterocycles. The van der Waals surface area contributed by atoms with Gasteiger partial charge < -0.3 is 5.32 Å². The fourth-order valence-corrected chi connectivity index (χ4v) is 2.27. The summed E-state index contributed by atoms with van der Waals surface area (Å²) in [7, 11) is 0. The summed E-state index contributed by atoms with van der Waals surface area (Å²) < 4.78 is 13.4.